The van der Waals surface area contributed by atoms with E-state index in [0.29, 0.717) is 5.69 Å². The molecule has 0 saturated heterocycles. The van der Waals surface area contributed by atoms with Gasteiger partial charge in [0.15, 0.2) is 29.2 Å². The van der Waals surface area contributed by atoms with E-state index in [1.165, 1.54) is 19.1 Å². The lowest BCUT2D eigenvalue weighted by Crippen LogP contribution is -2.26. The van der Waals surface area contributed by atoms with Crippen LogP contribution in [0.15, 0.2) is 65.6 Å². The smallest absolute Gasteiger partial charge is 0.412 e. The predicted octanol–water partition coefficient (Wildman–Crippen LogP) is 2.83. The standard InChI is InChI=1S/C14H8O7S.C10H11NO4/c15-8-5-4-7-11(14(8)18)13(17)6-2-1-3-9(22(19,20)21)10(6)12(7)16;1-7(9(12)13)15-10(14)11-8-5-3-2-4-6-8/h1-5,15,18H,(H,19,20,21);2-7H,1H3,(H,11,14)(H,12,13)/t;7-/m.0/s1. The highest BCUT2D eigenvalue weighted by Gasteiger charge is 2.36. The zero-order chi connectivity index (χ0) is 27.5. The molecular formula is C24H19NO11S. The molecule has 3 aromatic rings. The topological polar surface area (TPSA) is 205 Å². The summed E-state index contributed by atoms with van der Waals surface area (Å²) in [7, 11) is -4.71. The summed E-state index contributed by atoms with van der Waals surface area (Å²) < 4.78 is 36.6. The van der Waals surface area contributed by atoms with Gasteiger partial charge < -0.3 is 20.1 Å². The molecule has 37 heavy (non-hydrogen) atoms. The Morgan fingerprint density at radius 1 is 0.865 bits per heavy atom. The van der Waals surface area contributed by atoms with Gasteiger partial charge in [-0.3, -0.25) is 19.5 Å². The summed E-state index contributed by atoms with van der Waals surface area (Å²) in [5.74, 6) is -4.16. The second-order valence-corrected chi connectivity index (χ2v) is 8.93. The first kappa shape index (κ1) is 26.8. The van der Waals surface area contributed by atoms with Crippen molar-refractivity contribution in [1.29, 1.82) is 0 Å². The molecule has 0 radical (unpaired) electrons. The number of fused-ring (bicyclic) bond motifs is 2. The average Bonchev–Trinajstić information content (AvgIpc) is 2.84. The molecule has 0 heterocycles. The van der Waals surface area contributed by atoms with Crippen LogP contribution in [-0.2, 0) is 19.6 Å². The van der Waals surface area contributed by atoms with Crippen molar-refractivity contribution in [3.05, 3.63) is 82.9 Å². The Labute approximate surface area is 209 Å². The van der Waals surface area contributed by atoms with Gasteiger partial charge in [0.2, 0.25) is 0 Å². The lowest BCUT2D eigenvalue weighted by Gasteiger charge is -2.20. The minimum absolute atomic E-state index is 0.246. The summed E-state index contributed by atoms with van der Waals surface area (Å²) >= 11 is 0. The zero-order valence-electron chi connectivity index (χ0n) is 18.9. The van der Waals surface area contributed by atoms with Crippen molar-refractivity contribution < 1.29 is 52.2 Å². The first-order valence-corrected chi connectivity index (χ1v) is 11.8. The van der Waals surface area contributed by atoms with Gasteiger partial charge in [-0.05, 0) is 37.3 Å². The molecule has 1 aliphatic rings. The summed E-state index contributed by atoms with van der Waals surface area (Å²) in [6.07, 6.45) is -1.94. The van der Waals surface area contributed by atoms with Gasteiger partial charge in [-0.1, -0.05) is 30.3 Å². The fraction of sp³-hybridized carbons (Fsp3) is 0.0833. The molecule has 0 aromatic heterocycles. The van der Waals surface area contributed by atoms with E-state index < -0.39 is 67.4 Å². The summed E-state index contributed by atoms with van der Waals surface area (Å²) in [5, 5.41) is 30.2. The van der Waals surface area contributed by atoms with Gasteiger partial charge in [-0.15, -0.1) is 0 Å². The molecule has 0 saturated carbocycles. The Morgan fingerprint density at radius 2 is 1.46 bits per heavy atom. The number of rotatable bonds is 4. The van der Waals surface area contributed by atoms with Crippen LogP contribution in [0.2, 0.25) is 0 Å². The highest BCUT2D eigenvalue weighted by Crippen LogP contribution is 2.39. The molecule has 0 fully saturated rings. The molecule has 1 amide bonds. The molecule has 0 unspecified atom stereocenters. The van der Waals surface area contributed by atoms with E-state index in [0.717, 1.165) is 18.2 Å². The quantitative estimate of drug-likeness (QED) is 0.192. The third kappa shape index (κ3) is 5.74. The van der Waals surface area contributed by atoms with Gasteiger partial charge >= 0.3 is 12.1 Å². The van der Waals surface area contributed by atoms with Gasteiger partial charge in [0.05, 0.1) is 11.1 Å². The molecule has 1 aliphatic carbocycles. The van der Waals surface area contributed by atoms with Gasteiger partial charge in [0.1, 0.15) is 4.90 Å². The SMILES string of the molecule is C[C@H](OC(=O)Nc1ccccc1)C(=O)O.O=C1c2ccc(O)c(O)c2C(=O)c2cccc(S(=O)(=O)O)c21. The number of carbonyl (C=O) groups is 4. The number of amides is 1. The third-order valence-electron chi connectivity index (χ3n) is 5.06. The molecule has 0 spiro atoms. The first-order valence-electron chi connectivity index (χ1n) is 10.3. The van der Waals surface area contributed by atoms with E-state index in [2.05, 4.69) is 10.1 Å². The number of phenolic OH excluding ortho intramolecular Hbond substituents is 2. The van der Waals surface area contributed by atoms with E-state index >= 15 is 0 Å². The Bertz CT molecular complexity index is 1520. The van der Waals surface area contributed by atoms with Crippen molar-refractivity contribution >= 4 is 39.4 Å². The minimum Gasteiger partial charge on any atom is -0.504 e. The van der Waals surface area contributed by atoms with Crippen molar-refractivity contribution in [3.8, 4) is 11.5 Å². The summed E-state index contributed by atoms with van der Waals surface area (Å²) in [6.45, 7) is 1.28. The Hall–Kier alpha value is -4.75. The molecule has 13 heteroatoms. The fourth-order valence-corrected chi connectivity index (χ4v) is 4.03. The number of ketones is 2. The largest absolute Gasteiger partial charge is 0.504 e. The maximum Gasteiger partial charge on any atom is 0.412 e. The van der Waals surface area contributed by atoms with Gasteiger partial charge in [0.25, 0.3) is 10.1 Å². The van der Waals surface area contributed by atoms with Crippen LogP contribution >= 0.6 is 0 Å². The number of carboxylic acid groups (broad SMARTS) is 1. The number of carboxylic acids is 1. The Balaban J connectivity index is 0.000000222. The van der Waals surface area contributed by atoms with Crippen molar-refractivity contribution in [1.82, 2.24) is 0 Å². The highest BCUT2D eigenvalue weighted by atomic mass is 32.2. The molecule has 1 atom stereocenters. The third-order valence-corrected chi connectivity index (χ3v) is 5.95. The van der Waals surface area contributed by atoms with Crippen LogP contribution in [0.25, 0.3) is 0 Å². The van der Waals surface area contributed by atoms with E-state index in [1.807, 2.05) is 0 Å². The van der Waals surface area contributed by atoms with E-state index in [-0.39, 0.29) is 11.1 Å². The van der Waals surface area contributed by atoms with Crippen molar-refractivity contribution in [2.24, 2.45) is 0 Å². The highest BCUT2D eigenvalue weighted by molar-refractivity contribution is 7.86. The predicted molar refractivity (Wildman–Crippen MR) is 127 cm³/mol. The monoisotopic (exact) mass is 529 g/mol. The van der Waals surface area contributed by atoms with E-state index in [9.17, 15) is 42.4 Å². The van der Waals surface area contributed by atoms with Crippen LogP contribution in [0, 0.1) is 0 Å². The van der Waals surface area contributed by atoms with Crippen molar-refractivity contribution in [2.45, 2.75) is 17.9 Å². The number of para-hydroxylation sites is 1. The van der Waals surface area contributed by atoms with Gasteiger partial charge in [-0.2, -0.15) is 8.42 Å². The second-order valence-electron chi connectivity index (χ2n) is 7.54. The number of aromatic hydroxyl groups is 2. The number of phenols is 2. The van der Waals surface area contributed by atoms with Crippen LogP contribution < -0.4 is 5.32 Å². The van der Waals surface area contributed by atoms with Crippen LogP contribution in [0.5, 0.6) is 11.5 Å². The number of hydrogen-bond donors (Lipinski definition) is 5. The van der Waals surface area contributed by atoms with Crippen LogP contribution in [0.1, 0.15) is 38.8 Å². The average molecular weight is 529 g/mol. The first-order chi connectivity index (χ1) is 17.3. The molecule has 4 rings (SSSR count). The Kier molecular flexibility index (Phi) is 7.60. The molecule has 3 aromatic carbocycles. The Morgan fingerprint density at radius 3 is 2.05 bits per heavy atom. The maximum atomic E-state index is 12.5. The fourth-order valence-electron chi connectivity index (χ4n) is 3.32. The van der Waals surface area contributed by atoms with Crippen LogP contribution in [-0.4, -0.2) is 58.0 Å². The number of ether oxygens (including phenoxy) is 1. The van der Waals surface area contributed by atoms with Gasteiger partial charge in [0, 0.05) is 16.8 Å². The van der Waals surface area contributed by atoms with Gasteiger partial charge in [-0.25, -0.2) is 9.59 Å². The normalized spacial score (nSPS) is 12.8. The van der Waals surface area contributed by atoms with Crippen molar-refractivity contribution in [2.75, 3.05) is 5.32 Å². The maximum absolute atomic E-state index is 12.5. The minimum atomic E-state index is -4.71. The number of anilines is 1. The number of benzene rings is 3. The van der Waals surface area contributed by atoms with E-state index in [4.69, 9.17) is 5.11 Å². The summed E-state index contributed by atoms with van der Waals surface area (Å²) in [6, 6.07) is 14.2. The molecule has 0 bridgehead atoms. The number of aliphatic carboxylic acids is 1. The molecule has 192 valence electrons. The van der Waals surface area contributed by atoms with E-state index in [1.54, 1.807) is 30.3 Å². The van der Waals surface area contributed by atoms with Crippen LogP contribution in [0.4, 0.5) is 10.5 Å². The van der Waals surface area contributed by atoms with Crippen molar-refractivity contribution in [3.63, 3.8) is 0 Å². The number of carbonyl (C=O) groups excluding carboxylic acids is 3. The summed E-state index contributed by atoms with van der Waals surface area (Å²) in [4.78, 5) is 45.7. The second kappa shape index (κ2) is 10.5. The molecule has 0 aliphatic heterocycles. The van der Waals surface area contributed by atoms with Crippen LogP contribution in [0.3, 0.4) is 0 Å². The lowest BCUT2D eigenvalue weighted by molar-refractivity contribution is -0.145. The zero-order valence-corrected chi connectivity index (χ0v) is 19.7. The molecule has 5 N–H and O–H groups in total. The number of hydrogen-bond acceptors (Lipinski definition) is 9. The summed E-state index contributed by atoms with van der Waals surface area (Å²) in [5.41, 5.74) is -0.810. The molecule has 12 nitrogen and oxygen atoms in total. The molecular weight excluding hydrogens is 510 g/mol. The number of nitrogens with one attached hydrogen (secondary N) is 1. The lowest BCUT2D eigenvalue weighted by atomic mass is 9.83.